The highest BCUT2D eigenvalue weighted by molar-refractivity contribution is 6.01. The molecule has 0 atom stereocenters. The zero-order chi connectivity index (χ0) is 19.8. The Morgan fingerprint density at radius 3 is 1.78 bits per heavy atom. The number of carboxylic acids is 2. The Balaban J connectivity index is 2.59. The maximum absolute atomic E-state index is 11.9. The molecule has 2 rings (SSSR count). The lowest BCUT2D eigenvalue weighted by molar-refractivity contribution is -0.137. The van der Waals surface area contributed by atoms with E-state index in [2.05, 4.69) is 0 Å². The average Bonchev–Trinajstić information content (AvgIpc) is 2.66. The summed E-state index contributed by atoms with van der Waals surface area (Å²) >= 11 is 0. The maximum Gasteiger partial charge on any atom is 0.332 e. The van der Waals surface area contributed by atoms with Crippen molar-refractivity contribution in [2.24, 2.45) is 0 Å². The third-order valence-corrected chi connectivity index (χ3v) is 3.98. The topological polar surface area (TPSA) is 93.1 Å². The highest BCUT2D eigenvalue weighted by Gasteiger charge is 2.19. The van der Waals surface area contributed by atoms with Gasteiger partial charge >= 0.3 is 11.9 Å². The van der Waals surface area contributed by atoms with Crippen LogP contribution in [0.2, 0.25) is 0 Å². The zero-order valence-electron chi connectivity index (χ0n) is 15.3. The van der Waals surface area contributed by atoms with Crippen molar-refractivity contribution in [2.45, 2.75) is 19.8 Å². The largest absolute Gasteiger partial charge is 0.497 e. The van der Waals surface area contributed by atoms with Gasteiger partial charge in [-0.1, -0.05) is 24.3 Å². The Morgan fingerprint density at radius 1 is 0.852 bits per heavy atom. The van der Waals surface area contributed by atoms with Crippen LogP contribution in [0.4, 0.5) is 0 Å². The van der Waals surface area contributed by atoms with Crippen molar-refractivity contribution >= 4 is 17.5 Å². The first-order chi connectivity index (χ1) is 13.0. The molecule has 2 N–H and O–H groups in total. The number of methoxy groups -OCH3 is 1. The van der Waals surface area contributed by atoms with E-state index < -0.39 is 11.9 Å². The Hall–Kier alpha value is -3.28. The Morgan fingerprint density at radius 2 is 1.37 bits per heavy atom. The van der Waals surface area contributed by atoms with E-state index in [4.69, 9.17) is 14.6 Å². The summed E-state index contributed by atoms with van der Waals surface area (Å²) in [5.41, 5.74) is 1.87. The van der Waals surface area contributed by atoms with Gasteiger partial charge in [-0.3, -0.25) is 4.79 Å². The molecule has 6 heteroatoms. The van der Waals surface area contributed by atoms with Gasteiger partial charge in [0.1, 0.15) is 11.5 Å². The molecule has 0 aliphatic heterocycles. The van der Waals surface area contributed by atoms with Crippen LogP contribution in [0, 0.1) is 0 Å². The summed E-state index contributed by atoms with van der Waals surface area (Å²) in [6, 6.07) is 14.1. The normalized spacial score (nSPS) is 11.5. The summed E-state index contributed by atoms with van der Waals surface area (Å²) in [5, 5.41) is 18.7. The number of aliphatic carboxylic acids is 2. The SMILES string of the molecule is CCOc1ccc(/C(=C(\CCC(=O)O)C(=O)O)c2ccc(OC)cc2)cc1. The number of hydrogen-bond acceptors (Lipinski definition) is 4. The Labute approximate surface area is 157 Å². The van der Waals surface area contributed by atoms with E-state index in [1.807, 2.05) is 6.92 Å². The number of hydrogen-bond donors (Lipinski definition) is 2. The van der Waals surface area contributed by atoms with Crippen LogP contribution in [-0.2, 0) is 9.59 Å². The lowest BCUT2D eigenvalue weighted by Crippen LogP contribution is -2.08. The molecule has 0 amide bonds. The monoisotopic (exact) mass is 370 g/mol. The highest BCUT2D eigenvalue weighted by Crippen LogP contribution is 2.31. The number of carboxylic acid groups (broad SMARTS) is 2. The molecule has 0 unspecified atom stereocenters. The predicted molar refractivity (Wildman–Crippen MR) is 101 cm³/mol. The van der Waals surface area contributed by atoms with Crippen molar-refractivity contribution in [3.63, 3.8) is 0 Å². The van der Waals surface area contributed by atoms with Gasteiger partial charge in [0.15, 0.2) is 0 Å². The quantitative estimate of drug-likeness (QED) is 0.652. The third kappa shape index (κ3) is 5.34. The predicted octanol–water partition coefficient (Wildman–Crippen LogP) is 3.85. The van der Waals surface area contributed by atoms with E-state index in [1.165, 1.54) is 0 Å². The fourth-order valence-corrected chi connectivity index (χ4v) is 2.73. The fraction of sp³-hybridized carbons (Fsp3) is 0.238. The van der Waals surface area contributed by atoms with Crippen molar-refractivity contribution in [2.75, 3.05) is 13.7 Å². The molecular weight excluding hydrogens is 348 g/mol. The van der Waals surface area contributed by atoms with Crippen LogP contribution in [0.5, 0.6) is 11.5 Å². The van der Waals surface area contributed by atoms with Crippen LogP contribution in [-0.4, -0.2) is 35.9 Å². The van der Waals surface area contributed by atoms with Gasteiger partial charge in [0, 0.05) is 12.0 Å². The van der Waals surface area contributed by atoms with E-state index in [1.54, 1.807) is 55.6 Å². The van der Waals surface area contributed by atoms with Crippen LogP contribution >= 0.6 is 0 Å². The van der Waals surface area contributed by atoms with Crippen LogP contribution in [0.3, 0.4) is 0 Å². The van der Waals surface area contributed by atoms with E-state index in [9.17, 15) is 14.7 Å². The second kappa shape index (κ2) is 9.43. The molecule has 0 aliphatic rings. The second-order valence-electron chi connectivity index (χ2n) is 5.74. The fourth-order valence-electron chi connectivity index (χ4n) is 2.73. The summed E-state index contributed by atoms with van der Waals surface area (Å²) in [4.78, 5) is 22.9. The van der Waals surface area contributed by atoms with Crippen LogP contribution in [0.15, 0.2) is 54.1 Å². The lowest BCUT2D eigenvalue weighted by Gasteiger charge is -2.15. The minimum absolute atomic E-state index is 0.0479. The van der Waals surface area contributed by atoms with Crippen LogP contribution in [0.1, 0.15) is 30.9 Å². The molecule has 142 valence electrons. The van der Waals surface area contributed by atoms with E-state index in [-0.39, 0.29) is 18.4 Å². The molecule has 2 aromatic carbocycles. The Kier molecular flexibility index (Phi) is 7.00. The first-order valence-electron chi connectivity index (χ1n) is 8.52. The van der Waals surface area contributed by atoms with E-state index >= 15 is 0 Å². The first-order valence-corrected chi connectivity index (χ1v) is 8.52. The Bertz CT molecular complexity index is 819. The maximum atomic E-state index is 11.9. The van der Waals surface area contributed by atoms with Gasteiger partial charge in [-0.15, -0.1) is 0 Å². The molecule has 0 saturated heterocycles. The molecular formula is C21H22O6. The molecule has 0 radical (unpaired) electrons. The van der Waals surface area contributed by atoms with Gasteiger partial charge in [-0.2, -0.15) is 0 Å². The van der Waals surface area contributed by atoms with Crippen LogP contribution in [0.25, 0.3) is 5.57 Å². The molecule has 0 aliphatic carbocycles. The molecule has 0 fully saturated rings. The minimum atomic E-state index is -1.14. The third-order valence-electron chi connectivity index (χ3n) is 3.98. The summed E-state index contributed by atoms with van der Waals surface area (Å²) in [6.07, 6.45) is -0.350. The van der Waals surface area contributed by atoms with Crippen molar-refractivity contribution in [3.8, 4) is 11.5 Å². The zero-order valence-corrected chi connectivity index (χ0v) is 15.3. The summed E-state index contributed by atoms with van der Waals surface area (Å²) in [6.45, 7) is 2.41. The standard InChI is InChI=1S/C21H22O6/c1-3-27-17-10-6-15(7-11-17)20(14-4-8-16(26-2)9-5-14)18(21(24)25)12-13-19(22)23/h4-11H,3,12-13H2,1-2H3,(H,22,23)(H,24,25)/b20-18+. The molecule has 0 spiro atoms. The van der Waals surface area contributed by atoms with Gasteiger partial charge in [-0.25, -0.2) is 4.79 Å². The average molecular weight is 370 g/mol. The first kappa shape index (κ1) is 20.0. The summed E-state index contributed by atoms with van der Waals surface area (Å²) in [7, 11) is 1.55. The number of ether oxygens (including phenoxy) is 2. The minimum Gasteiger partial charge on any atom is -0.497 e. The van der Waals surface area contributed by atoms with Crippen molar-refractivity contribution in [3.05, 3.63) is 65.2 Å². The summed E-state index contributed by atoms with van der Waals surface area (Å²) in [5.74, 6) is -0.865. The molecule has 27 heavy (non-hydrogen) atoms. The molecule has 2 aromatic rings. The molecule has 0 heterocycles. The van der Waals surface area contributed by atoms with Crippen molar-refractivity contribution in [1.82, 2.24) is 0 Å². The van der Waals surface area contributed by atoms with Gasteiger partial charge in [-0.05, 0) is 54.3 Å². The van der Waals surface area contributed by atoms with Gasteiger partial charge in [0.2, 0.25) is 0 Å². The molecule has 0 aromatic heterocycles. The van der Waals surface area contributed by atoms with Crippen LogP contribution < -0.4 is 9.47 Å². The highest BCUT2D eigenvalue weighted by atomic mass is 16.5. The number of rotatable bonds is 9. The number of carbonyl (C=O) groups is 2. The smallest absolute Gasteiger partial charge is 0.332 e. The van der Waals surface area contributed by atoms with Gasteiger partial charge in [0.05, 0.1) is 13.7 Å². The molecule has 0 bridgehead atoms. The molecule has 6 nitrogen and oxygen atoms in total. The van der Waals surface area contributed by atoms with Crippen molar-refractivity contribution < 1.29 is 29.3 Å². The number of benzene rings is 2. The van der Waals surface area contributed by atoms with E-state index in [0.717, 1.165) is 0 Å². The molecule has 0 saturated carbocycles. The van der Waals surface area contributed by atoms with Gasteiger partial charge in [0.25, 0.3) is 0 Å². The van der Waals surface area contributed by atoms with Gasteiger partial charge < -0.3 is 19.7 Å². The van der Waals surface area contributed by atoms with E-state index in [0.29, 0.717) is 34.8 Å². The lowest BCUT2D eigenvalue weighted by atomic mass is 9.90. The van der Waals surface area contributed by atoms with Crippen molar-refractivity contribution in [1.29, 1.82) is 0 Å². The summed E-state index contributed by atoms with van der Waals surface area (Å²) < 4.78 is 10.6. The second-order valence-corrected chi connectivity index (χ2v) is 5.74.